The summed E-state index contributed by atoms with van der Waals surface area (Å²) in [4.78, 5) is 6.56. The lowest BCUT2D eigenvalue weighted by atomic mass is 10.2. The monoisotopic (exact) mass is 285 g/mol. The van der Waals surface area contributed by atoms with E-state index in [-0.39, 0.29) is 5.60 Å². The molecule has 0 saturated heterocycles. The molecule has 0 unspecified atom stereocenters. The number of aryl methyl sites for hydroxylation is 1. The molecular weight excluding hydrogens is 262 g/mol. The van der Waals surface area contributed by atoms with Gasteiger partial charge in [-0.2, -0.15) is 4.98 Å². The van der Waals surface area contributed by atoms with Crippen LogP contribution in [0.4, 0.5) is 17.2 Å². The number of aromatic nitrogens is 1. The first-order valence-electron chi connectivity index (χ1n) is 7.02. The highest BCUT2D eigenvalue weighted by molar-refractivity contribution is 5.63. The minimum atomic E-state index is -0.332. The molecule has 0 amide bonds. The molecule has 0 spiro atoms. The van der Waals surface area contributed by atoms with Gasteiger partial charge in [0.15, 0.2) is 0 Å². The molecule has 2 N–H and O–H groups in total. The Balaban J connectivity index is 2.34. The number of benzene rings is 1. The normalized spacial score (nSPS) is 11.3. The summed E-state index contributed by atoms with van der Waals surface area (Å²) in [6.45, 7) is 8.00. The Morgan fingerprint density at radius 3 is 2.48 bits per heavy atom. The van der Waals surface area contributed by atoms with Gasteiger partial charge in [0.2, 0.25) is 5.88 Å². The standard InChI is InChI=1S/C17H23N3O/c1-12-7-6-8-13(11-12)20(5)15-10-9-14(18)16(19-15)21-17(2,3)4/h6-11H,18H2,1-5H3. The first kappa shape index (κ1) is 15.2. The number of pyridine rings is 1. The highest BCUT2D eigenvalue weighted by Crippen LogP contribution is 2.29. The highest BCUT2D eigenvalue weighted by Gasteiger charge is 2.16. The molecule has 0 atom stereocenters. The topological polar surface area (TPSA) is 51.4 Å². The van der Waals surface area contributed by atoms with Gasteiger partial charge < -0.3 is 15.4 Å². The van der Waals surface area contributed by atoms with Crippen LogP contribution in [0.1, 0.15) is 26.3 Å². The van der Waals surface area contributed by atoms with Gasteiger partial charge in [0.1, 0.15) is 11.4 Å². The largest absolute Gasteiger partial charge is 0.470 e. The molecule has 0 saturated carbocycles. The Kier molecular flexibility index (Phi) is 4.07. The molecule has 1 aromatic carbocycles. The number of nitrogen functional groups attached to an aromatic ring is 1. The summed E-state index contributed by atoms with van der Waals surface area (Å²) in [6.07, 6.45) is 0. The number of rotatable bonds is 3. The molecule has 4 nitrogen and oxygen atoms in total. The van der Waals surface area contributed by atoms with Crippen molar-refractivity contribution in [2.75, 3.05) is 17.7 Å². The Labute approximate surface area is 126 Å². The molecule has 21 heavy (non-hydrogen) atoms. The van der Waals surface area contributed by atoms with E-state index in [0.29, 0.717) is 11.6 Å². The van der Waals surface area contributed by atoms with Gasteiger partial charge in [-0.15, -0.1) is 0 Å². The van der Waals surface area contributed by atoms with Gasteiger partial charge in [0.25, 0.3) is 0 Å². The van der Waals surface area contributed by atoms with Crippen LogP contribution in [-0.2, 0) is 0 Å². The second-order valence-electron chi connectivity index (χ2n) is 6.18. The van der Waals surface area contributed by atoms with E-state index in [1.54, 1.807) is 0 Å². The fraction of sp³-hybridized carbons (Fsp3) is 0.353. The average molecular weight is 285 g/mol. The molecule has 0 aliphatic rings. The maximum absolute atomic E-state index is 5.95. The molecule has 2 rings (SSSR count). The third-order valence-corrected chi connectivity index (χ3v) is 3.01. The van der Waals surface area contributed by atoms with Gasteiger partial charge in [0, 0.05) is 12.7 Å². The molecule has 0 fully saturated rings. The van der Waals surface area contributed by atoms with Crippen molar-refractivity contribution in [2.45, 2.75) is 33.3 Å². The van der Waals surface area contributed by atoms with E-state index in [4.69, 9.17) is 10.5 Å². The summed E-state index contributed by atoms with van der Waals surface area (Å²) in [7, 11) is 1.98. The molecule has 0 aliphatic carbocycles. The van der Waals surface area contributed by atoms with Gasteiger partial charge in [-0.05, 0) is 57.5 Å². The van der Waals surface area contributed by atoms with Crippen molar-refractivity contribution in [1.29, 1.82) is 0 Å². The first-order valence-corrected chi connectivity index (χ1v) is 7.02. The zero-order valence-corrected chi connectivity index (χ0v) is 13.3. The van der Waals surface area contributed by atoms with E-state index in [1.165, 1.54) is 5.56 Å². The number of anilines is 3. The van der Waals surface area contributed by atoms with Gasteiger partial charge in [0.05, 0.1) is 5.69 Å². The third kappa shape index (κ3) is 3.88. The quantitative estimate of drug-likeness (QED) is 0.928. The van der Waals surface area contributed by atoms with Crippen molar-refractivity contribution in [1.82, 2.24) is 4.98 Å². The third-order valence-electron chi connectivity index (χ3n) is 3.01. The lowest BCUT2D eigenvalue weighted by molar-refractivity contribution is 0.125. The summed E-state index contributed by atoms with van der Waals surface area (Å²) in [5.74, 6) is 1.27. The van der Waals surface area contributed by atoms with Crippen molar-refractivity contribution in [3.05, 3.63) is 42.0 Å². The molecule has 112 valence electrons. The van der Waals surface area contributed by atoms with E-state index < -0.39 is 0 Å². The molecule has 0 radical (unpaired) electrons. The molecule has 0 bridgehead atoms. The van der Waals surface area contributed by atoms with Crippen LogP contribution in [-0.4, -0.2) is 17.6 Å². The van der Waals surface area contributed by atoms with Gasteiger partial charge in [-0.3, -0.25) is 0 Å². The second-order valence-corrected chi connectivity index (χ2v) is 6.18. The van der Waals surface area contributed by atoms with Crippen molar-refractivity contribution in [2.24, 2.45) is 0 Å². The summed E-state index contributed by atoms with van der Waals surface area (Å²) < 4.78 is 5.82. The van der Waals surface area contributed by atoms with Crippen LogP contribution < -0.4 is 15.4 Å². The lowest BCUT2D eigenvalue weighted by Crippen LogP contribution is -2.24. The zero-order chi connectivity index (χ0) is 15.6. The predicted molar refractivity (Wildman–Crippen MR) is 88.3 cm³/mol. The average Bonchev–Trinajstić information content (AvgIpc) is 2.39. The van der Waals surface area contributed by atoms with E-state index in [9.17, 15) is 0 Å². The predicted octanol–water partition coefficient (Wildman–Crippen LogP) is 3.92. The summed E-state index contributed by atoms with van der Waals surface area (Å²) in [5, 5.41) is 0. The minimum absolute atomic E-state index is 0.332. The smallest absolute Gasteiger partial charge is 0.239 e. The first-order chi connectivity index (χ1) is 9.76. The Hall–Kier alpha value is -2.23. The Morgan fingerprint density at radius 1 is 1.14 bits per heavy atom. The van der Waals surface area contributed by atoms with Crippen molar-refractivity contribution in [3.8, 4) is 5.88 Å². The van der Waals surface area contributed by atoms with Crippen LogP contribution in [0.5, 0.6) is 5.88 Å². The van der Waals surface area contributed by atoms with Crippen molar-refractivity contribution in [3.63, 3.8) is 0 Å². The SMILES string of the molecule is Cc1cccc(N(C)c2ccc(N)c(OC(C)(C)C)n2)c1. The lowest BCUT2D eigenvalue weighted by Gasteiger charge is -2.24. The number of hydrogen-bond donors (Lipinski definition) is 1. The minimum Gasteiger partial charge on any atom is -0.470 e. The van der Waals surface area contributed by atoms with Crippen LogP contribution in [0, 0.1) is 6.92 Å². The van der Waals surface area contributed by atoms with E-state index in [0.717, 1.165) is 11.5 Å². The fourth-order valence-corrected chi connectivity index (χ4v) is 1.97. The van der Waals surface area contributed by atoms with Crippen LogP contribution in [0.25, 0.3) is 0 Å². The number of nitrogens with two attached hydrogens (primary N) is 1. The molecule has 0 aliphatic heterocycles. The molecule has 2 aromatic rings. The maximum Gasteiger partial charge on any atom is 0.239 e. The summed E-state index contributed by atoms with van der Waals surface area (Å²) in [5.41, 5.74) is 8.46. The fourth-order valence-electron chi connectivity index (χ4n) is 1.97. The highest BCUT2D eigenvalue weighted by atomic mass is 16.5. The van der Waals surface area contributed by atoms with Crippen LogP contribution in [0.15, 0.2) is 36.4 Å². The molecule has 4 heteroatoms. The van der Waals surface area contributed by atoms with E-state index >= 15 is 0 Å². The van der Waals surface area contributed by atoms with Crippen LogP contribution >= 0.6 is 0 Å². The van der Waals surface area contributed by atoms with E-state index in [1.807, 2.05) is 50.9 Å². The summed E-state index contributed by atoms with van der Waals surface area (Å²) in [6, 6.07) is 12.0. The molecule has 1 heterocycles. The maximum atomic E-state index is 5.95. The second kappa shape index (κ2) is 5.64. The van der Waals surface area contributed by atoms with Crippen molar-refractivity contribution >= 4 is 17.2 Å². The Bertz CT molecular complexity index is 632. The van der Waals surface area contributed by atoms with Crippen molar-refractivity contribution < 1.29 is 4.74 Å². The molecule has 1 aromatic heterocycles. The number of hydrogen-bond acceptors (Lipinski definition) is 4. The summed E-state index contributed by atoms with van der Waals surface area (Å²) >= 11 is 0. The number of ether oxygens (including phenoxy) is 1. The Morgan fingerprint density at radius 2 is 1.86 bits per heavy atom. The molecular formula is C17H23N3O. The number of nitrogens with zero attached hydrogens (tertiary/aromatic N) is 2. The van der Waals surface area contributed by atoms with Gasteiger partial charge in [-0.25, -0.2) is 0 Å². The van der Waals surface area contributed by atoms with Gasteiger partial charge >= 0.3 is 0 Å². The van der Waals surface area contributed by atoms with Crippen LogP contribution in [0.2, 0.25) is 0 Å². The van der Waals surface area contributed by atoms with Gasteiger partial charge in [-0.1, -0.05) is 12.1 Å². The zero-order valence-electron chi connectivity index (χ0n) is 13.3. The van der Waals surface area contributed by atoms with Crippen LogP contribution in [0.3, 0.4) is 0 Å². The van der Waals surface area contributed by atoms with E-state index in [2.05, 4.69) is 30.1 Å².